The second-order valence-corrected chi connectivity index (χ2v) is 3.91. The summed E-state index contributed by atoms with van der Waals surface area (Å²) in [5.41, 5.74) is 0. The van der Waals surface area contributed by atoms with Crippen LogP contribution in [0.25, 0.3) is 0 Å². The normalized spacial score (nSPS) is 16.9. The Morgan fingerprint density at radius 1 is 1.18 bits per heavy atom. The topological polar surface area (TPSA) is 12.0 Å². The number of hydrogen-bond donors (Lipinski definition) is 1. The summed E-state index contributed by atoms with van der Waals surface area (Å²) in [4.78, 5) is 0. The zero-order valence-electron chi connectivity index (χ0n) is 8.65. The van der Waals surface area contributed by atoms with Crippen LogP contribution >= 0.6 is 0 Å². The quantitative estimate of drug-likeness (QED) is 0.647. The van der Waals surface area contributed by atoms with Crippen molar-refractivity contribution in [2.75, 3.05) is 7.05 Å². The predicted octanol–water partition coefficient (Wildman–Crippen LogP) is 2.67. The van der Waals surface area contributed by atoms with Crippen LogP contribution in [0.5, 0.6) is 0 Å². The molecule has 0 bridgehead atoms. The van der Waals surface area contributed by atoms with Gasteiger partial charge in [-0.15, -0.1) is 0 Å². The van der Waals surface area contributed by atoms with Gasteiger partial charge in [-0.25, -0.2) is 0 Å². The molecule has 0 aromatic rings. The van der Waals surface area contributed by atoms with Gasteiger partial charge in [-0.05, 0) is 31.7 Å². The summed E-state index contributed by atoms with van der Waals surface area (Å²) in [6, 6.07) is 0.706. The van der Waals surface area contributed by atoms with Crippen molar-refractivity contribution in [1.82, 2.24) is 5.32 Å². The summed E-state index contributed by atoms with van der Waals surface area (Å²) in [5, 5.41) is 3.36. The van der Waals surface area contributed by atoms with E-state index in [0.717, 1.165) is 11.8 Å². The van der Waals surface area contributed by atoms with Crippen LogP contribution in [0, 0.1) is 11.8 Å². The van der Waals surface area contributed by atoms with Crippen LogP contribution in [0.2, 0.25) is 0 Å². The SMILES string of the molecule is CCC(NC)C(C)CC(C)C. The van der Waals surface area contributed by atoms with E-state index in [2.05, 4.69) is 40.1 Å². The molecule has 0 heterocycles. The first-order valence-corrected chi connectivity index (χ1v) is 4.79. The summed E-state index contributed by atoms with van der Waals surface area (Å²) >= 11 is 0. The van der Waals surface area contributed by atoms with Crippen molar-refractivity contribution in [1.29, 1.82) is 0 Å². The average molecular weight is 157 g/mol. The summed E-state index contributed by atoms with van der Waals surface area (Å²) < 4.78 is 0. The fourth-order valence-corrected chi connectivity index (χ4v) is 1.80. The third-order valence-corrected chi connectivity index (χ3v) is 2.34. The maximum Gasteiger partial charge on any atom is 0.00871 e. The van der Waals surface area contributed by atoms with Gasteiger partial charge in [0.05, 0.1) is 0 Å². The molecule has 1 N–H and O–H groups in total. The second kappa shape index (κ2) is 5.59. The summed E-state index contributed by atoms with van der Waals surface area (Å²) in [5.74, 6) is 1.64. The molecular weight excluding hydrogens is 134 g/mol. The second-order valence-electron chi connectivity index (χ2n) is 3.91. The zero-order chi connectivity index (χ0) is 8.85. The van der Waals surface area contributed by atoms with E-state index >= 15 is 0 Å². The van der Waals surface area contributed by atoms with E-state index in [0.29, 0.717) is 6.04 Å². The van der Waals surface area contributed by atoms with Gasteiger partial charge in [0.2, 0.25) is 0 Å². The van der Waals surface area contributed by atoms with Crippen molar-refractivity contribution in [3.8, 4) is 0 Å². The minimum atomic E-state index is 0.706. The number of nitrogens with one attached hydrogen (secondary N) is 1. The molecule has 0 rings (SSSR count). The molecule has 2 atom stereocenters. The number of rotatable bonds is 5. The molecule has 1 heteroatoms. The highest BCUT2D eigenvalue weighted by Crippen LogP contribution is 2.16. The predicted molar refractivity (Wildman–Crippen MR) is 51.8 cm³/mol. The summed E-state index contributed by atoms with van der Waals surface area (Å²) in [7, 11) is 2.06. The maximum atomic E-state index is 3.36. The lowest BCUT2D eigenvalue weighted by molar-refractivity contribution is 0.330. The molecule has 0 aliphatic rings. The van der Waals surface area contributed by atoms with Gasteiger partial charge in [0.1, 0.15) is 0 Å². The van der Waals surface area contributed by atoms with Gasteiger partial charge in [0.25, 0.3) is 0 Å². The van der Waals surface area contributed by atoms with Crippen molar-refractivity contribution in [3.05, 3.63) is 0 Å². The molecule has 1 nitrogen and oxygen atoms in total. The largest absolute Gasteiger partial charge is 0.317 e. The average Bonchev–Trinajstić information content (AvgIpc) is 1.88. The molecule has 0 fully saturated rings. The molecule has 0 aliphatic heterocycles. The Hall–Kier alpha value is -0.0400. The highest BCUT2D eigenvalue weighted by molar-refractivity contribution is 4.70. The zero-order valence-corrected chi connectivity index (χ0v) is 8.65. The Bertz CT molecular complexity index is 84.9. The van der Waals surface area contributed by atoms with Crippen LogP contribution in [0.4, 0.5) is 0 Å². The maximum absolute atomic E-state index is 3.36. The van der Waals surface area contributed by atoms with Crippen LogP contribution < -0.4 is 5.32 Å². The lowest BCUT2D eigenvalue weighted by Gasteiger charge is -2.23. The number of hydrogen-bond acceptors (Lipinski definition) is 1. The van der Waals surface area contributed by atoms with E-state index in [-0.39, 0.29) is 0 Å². The molecule has 0 saturated carbocycles. The lowest BCUT2D eigenvalue weighted by atomic mass is 9.91. The van der Waals surface area contributed by atoms with Crippen molar-refractivity contribution in [2.45, 2.75) is 46.6 Å². The molecule has 0 aromatic carbocycles. The van der Waals surface area contributed by atoms with Crippen LogP contribution in [0.3, 0.4) is 0 Å². The van der Waals surface area contributed by atoms with E-state index in [1.165, 1.54) is 12.8 Å². The van der Waals surface area contributed by atoms with E-state index in [1.807, 2.05) is 0 Å². The molecule has 0 radical (unpaired) electrons. The van der Waals surface area contributed by atoms with Gasteiger partial charge in [-0.2, -0.15) is 0 Å². The van der Waals surface area contributed by atoms with Crippen molar-refractivity contribution in [2.24, 2.45) is 11.8 Å². The van der Waals surface area contributed by atoms with Gasteiger partial charge in [-0.3, -0.25) is 0 Å². The van der Waals surface area contributed by atoms with Gasteiger partial charge in [0, 0.05) is 6.04 Å². The first-order chi connectivity index (χ1) is 5.11. The van der Waals surface area contributed by atoms with E-state index < -0.39 is 0 Å². The van der Waals surface area contributed by atoms with Crippen LogP contribution in [0.1, 0.15) is 40.5 Å². The third-order valence-electron chi connectivity index (χ3n) is 2.34. The molecule has 0 saturated heterocycles. The summed E-state index contributed by atoms with van der Waals surface area (Å²) in [6.07, 6.45) is 2.57. The lowest BCUT2D eigenvalue weighted by Crippen LogP contribution is -2.31. The monoisotopic (exact) mass is 157 g/mol. The molecule has 0 spiro atoms. The van der Waals surface area contributed by atoms with E-state index in [4.69, 9.17) is 0 Å². The first-order valence-electron chi connectivity index (χ1n) is 4.79. The smallest absolute Gasteiger partial charge is 0.00871 e. The van der Waals surface area contributed by atoms with Crippen LogP contribution in [-0.4, -0.2) is 13.1 Å². The first kappa shape index (κ1) is 11.0. The molecule has 0 aliphatic carbocycles. The van der Waals surface area contributed by atoms with Gasteiger partial charge >= 0.3 is 0 Å². The minimum absolute atomic E-state index is 0.706. The fourth-order valence-electron chi connectivity index (χ4n) is 1.80. The van der Waals surface area contributed by atoms with E-state index in [1.54, 1.807) is 0 Å². The van der Waals surface area contributed by atoms with Crippen LogP contribution in [0.15, 0.2) is 0 Å². The van der Waals surface area contributed by atoms with Gasteiger partial charge in [0.15, 0.2) is 0 Å². The molecule has 0 aromatic heterocycles. The van der Waals surface area contributed by atoms with E-state index in [9.17, 15) is 0 Å². The minimum Gasteiger partial charge on any atom is -0.317 e. The van der Waals surface area contributed by atoms with Crippen molar-refractivity contribution in [3.63, 3.8) is 0 Å². The molecular formula is C10H23N. The van der Waals surface area contributed by atoms with Crippen molar-refractivity contribution >= 4 is 0 Å². The molecule has 68 valence electrons. The van der Waals surface area contributed by atoms with Gasteiger partial charge in [-0.1, -0.05) is 27.7 Å². The standard InChI is InChI=1S/C10H23N/c1-6-10(11-5)9(4)7-8(2)3/h8-11H,6-7H2,1-5H3. The molecule has 2 unspecified atom stereocenters. The Morgan fingerprint density at radius 2 is 1.73 bits per heavy atom. The Balaban J connectivity index is 3.68. The fraction of sp³-hybridized carbons (Fsp3) is 1.00. The highest BCUT2D eigenvalue weighted by atomic mass is 14.9. The Morgan fingerprint density at radius 3 is 2.00 bits per heavy atom. The van der Waals surface area contributed by atoms with Gasteiger partial charge < -0.3 is 5.32 Å². The Kier molecular flexibility index (Phi) is 5.57. The summed E-state index contributed by atoms with van der Waals surface area (Å²) in [6.45, 7) is 9.17. The Labute approximate surface area is 71.6 Å². The van der Waals surface area contributed by atoms with Crippen LogP contribution in [-0.2, 0) is 0 Å². The molecule has 0 amide bonds. The van der Waals surface area contributed by atoms with Crippen molar-refractivity contribution < 1.29 is 0 Å². The third kappa shape index (κ3) is 4.41. The molecule has 11 heavy (non-hydrogen) atoms. The highest BCUT2D eigenvalue weighted by Gasteiger charge is 2.13.